The largest absolute Gasteiger partial charge is 0.306 e. The molecule has 0 aliphatic carbocycles. The van der Waals surface area contributed by atoms with Crippen molar-refractivity contribution >= 4 is 11.8 Å². The van der Waals surface area contributed by atoms with Gasteiger partial charge < -0.3 is 4.90 Å². The molecule has 0 unspecified atom stereocenters. The van der Waals surface area contributed by atoms with Crippen LogP contribution >= 0.6 is 11.8 Å². The van der Waals surface area contributed by atoms with Crippen molar-refractivity contribution in [3.8, 4) is 0 Å². The van der Waals surface area contributed by atoms with Crippen LogP contribution in [0.2, 0.25) is 0 Å². The third-order valence-electron chi connectivity index (χ3n) is 3.45. The average molecular weight is 185 g/mol. The predicted octanol–water partition coefficient (Wildman–Crippen LogP) is 2.23. The fourth-order valence-electron chi connectivity index (χ4n) is 2.40. The van der Waals surface area contributed by atoms with E-state index in [2.05, 4.69) is 23.7 Å². The molecule has 0 N–H and O–H groups in total. The highest BCUT2D eigenvalue weighted by Gasteiger charge is 2.34. The van der Waals surface area contributed by atoms with Crippen LogP contribution in [0.25, 0.3) is 0 Å². The Bertz CT molecular complexity index is 142. The molecule has 0 radical (unpaired) electrons. The van der Waals surface area contributed by atoms with E-state index in [1.165, 1.54) is 50.3 Å². The van der Waals surface area contributed by atoms with Gasteiger partial charge in [-0.25, -0.2) is 0 Å². The molecule has 2 saturated heterocycles. The van der Waals surface area contributed by atoms with Crippen LogP contribution in [0.5, 0.6) is 0 Å². The average Bonchev–Trinajstić information content (AvgIpc) is 2.13. The Kier molecular flexibility index (Phi) is 2.66. The van der Waals surface area contributed by atoms with Gasteiger partial charge in [0.1, 0.15) is 0 Å². The Hall–Kier alpha value is 0.310. The summed E-state index contributed by atoms with van der Waals surface area (Å²) in [5.41, 5.74) is 0.759. The first-order chi connectivity index (χ1) is 5.81. The molecule has 0 amide bonds. The van der Waals surface area contributed by atoms with Crippen LogP contribution in [0.4, 0.5) is 0 Å². The van der Waals surface area contributed by atoms with E-state index in [0.717, 1.165) is 5.41 Å². The quantitative estimate of drug-likeness (QED) is 0.569. The zero-order valence-electron chi connectivity index (χ0n) is 8.01. The molecule has 70 valence electrons. The summed E-state index contributed by atoms with van der Waals surface area (Å²) in [5.74, 6) is 2.86. The van der Waals surface area contributed by atoms with Crippen LogP contribution in [0, 0.1) is 5.41 Å². The smallest absolute Gasteiger partial charge is 0.000985 e. The first-order valence-corrected chi connectivity index (χ1v) is 6.23. The molecule has 1 nitrogen and oxygen atoms in total. The van der Waals surface area contributed by atoms with Gasteiger partial charge in [-0.05, 0) is 62.7 Å². The molecule has 0 atom stereocenters. The van der Waals surface area contributed by atoms with Gasteiger partial charge in [-0.1, -0.05) is 0 Å². The highest BCUT2D eigenvalue weighted by Crippen LogP contribution is 2.42. The van der Waals surface area contributed by atoms with Crippen molar-refractivity contribution in [2.24, 2.45) is 5.41 Å². The minimum Gasteiger partial charge on any atom is -0.306 e. The lowest BCUT2D eigenvalue weighted by Gasteiger charge is -2.42. The third kappa shape index (κ3) is 1.80. The lowest BCUT2D eigenvalue weighted by atomic mass is 9.76. The number of likely N-dealkylation sites (tertiary alicyclic amines) is 1. The molecule has 0 aromatic heterocycles. The maximum absolute atomic E-state index is 2.48. The summed E-state index contributed by atoms with van der Waals surface area (Å²) in [4.78, 5) is 2.48. The Balaban J connectivity index is 1.92. The second-order valence-electron chi connectivity index (χ2n) is 4.46. The first-order valence-electron chi connectivity index (χ1n) is 5.07. The summed E-state index contributed by atoms with van der Waals surface area (Å²) in [5, 5.41) is 0. The van der Waals surface area contributed by atoms with E-state index >= 15 is 0 Å². The molecule has 2 aliphatic heterocycles. The number of rotatable bonds is 0. The topological polar surface area (TPSA) is 3.24 Å². The van der Waals surface area contributed by atoms with E-state index in [1.54, 1.807) is 0 Å². The summed E-state index contributed by atoms with van der Waals surface area (Å²) in [7, 11) is 2.25. The van der Waals surface area contributed by atoms with Gasteiger partial charge in [-0.2, -0.15) is 11.8 Å². The molecule has 0 aromatic rings. The molecule has 2 rings (SSSR count). The number of hydrogen-bond acceptors (Lipinski definition) is 2. The van der Waals surface area contributed by atoms with Crippen molar-refractivity contribution in [1.82, 2.24) is 4.90 Å². The molecule has 0 bridgehead atoms. The van der Waals surface area contributed by atoms with Crippen LogP contribution in [-0.2, 0) is 0 Å². The summed E-state index contributed by atoms with van der Waals surface area (Å²) >= 11 is 2.18. The number of hydrogen-bond donors (Lipinski definition) is 0. The van der Waals surface area contributed by atoms with E-state index in [0.29, 0.717) is 0 Å². The van der Waals surface area contributed by atoms with Gasteiger partial charge in [0.25, 0.3) is 0 Å². The summed E-state index contributed by atoms with van der Waals surface area (Å²) < 4.78 is 0. The van der Waals surface area contributed by atoms with E-state index in [-0.39, 0.29) is 0 Å². The maximum atomic E-state index is 2.48. The lowest BCUT2D eigenvalue weighted by Crippen LogP contribution is -2.40. The van der Waals surface area contributed by atoms with Gasteiger partial charge in [0.15, 0.2) is 0 Å². The molecule has 0 aromatic carbocycles. The molecule has 0 saturated carbocycles. The second-order valence-corrected chi connectivity index (χ2v) is 5.56. The van der Waals surface area contributed by atoms with Gasteiger partial charge in [-0.15, -0.1) is 0 Å². The summed E-state index contributed by atoms with van der Waals surface area (Å²) in [6.07, 6.45) is 5.88. The number of nitrogens with zero attached hydrogens (tertiary/aromatic N) is 1. The Labute approximate surface area is 79.9 Å². The van der Waals surface area contributed by atoms with Crippen molar-refractivity contribution in [3.05, 3.63) is 0 Å². The van der Waals surface area contributed by atoms with E-state index in [4.69, 9.17) is 0 Å². The zero-order valence-corrected chi connectivity index (χ0v) is 8.83. The third-order valence-corrected chi connectivity index (χ3v) is 4.85. The normalized spacial score (nSPS) is 30.8. The minimum absolute atomic E-state index is 0.759. The first kappa shape index (κ1) is 8.89. The molecule has 2 heterocycles. The number of thioether (sulfide) groups is 1. The SMILES string of the molecule is CN1CCC2(CCCSC2)CC1. The van der Waals surface area contributed by atoms with Crippen LogP contribution in [0.15, 0.2) is 0 Å². The Morgan fingerprint density at radius 3 is 2.50 bits per heavy atom. The monoisotopic (exact) mass is 185 g/mol. The van der Waals surface area contributed by atoms with Crippen molar-refractivity contribution in [2.75, 3.05) is 31.6 Å². The van der Waals surface area contributed by atoms with Crippen LogP contribution in [0.1, 0.15) is 25.7 Å². The van der Waals surface area contributed by atoms with Gasteiger partial charge in [0.05, 0.1) is 0 Å². The summed E-state index contributed by atoms with van der Waals surface area (Å²) in [6.45, 7) is 2.67. The van der Waals surface area contributed by atoms with Crippen LogP contribution in [-0.4, -0.2) is 36.5 Å². The Morgan fingerprint density at radius 1 is 1.17 bits per heavy atom. The number of piperidine rings is 1. The van der Waals surface area contributed by atoms with Crippen LogP contribution in [0.3, 0.4) is 0 Å². The lowest BCUT2D eigenvalue weighted by molar-refractivity contribution is 0.131. The van der Waals surface area contributed by atoms with Gasteiger partial charge in [0, 0.05) is 0 Å². The highest BCUT2D eigenvalue weighted by atomic mass is 32.2. The molecule has 2 aliphatic rings. The molecule has 2 fully saturated rings. The second kappa shape index (κ2) is 3.59. The van der Waals surface area contributed by atoms with E-state index < -0.39 is 0 Å². The molecule has 12 heavy (non-hydrogen) atoms. The van der Waals surface area contributed by atoms with Crippen molar-refractivity contribution < 1.29 is 0 Å². The highest BCUT2D eigenvalue weighted by molar-refractivity contribution is 7.99. The minimum atomic E-state index is 0.759. The van der Waals surface area contributed by atoms with Crippen molar-refractivity contribution in [1.29, 1.82) is 0 Å². The van der Waals surface area contributed by atoms with Gasteiger partial charge >= 0.3 is 0 Å². The van der Waals surface area contributed by atoms with Crippen molar-refractivity contribution in [3.63, 3.8) is 0 Å². The molecule has 1 spiro atoms. The van der Waals surface area contributed by atoms with Gasteiger partial charge in [-0.3, -0.25) is 0 Å². The van der Waals surface area contributed by atoms with Crippen molar-refractivity contribution in [2.45, 2.75) is 25.7 Å². The van der Waals surface area contributed by atoms with E-state index in [1.807, 2.05) is 0 Å². The molecular formula is C10H19NS. The van der Waals surface area contributed by atoms with Crippen LogP contribution < -0.4 is 0 Å². The summed E-state index contributed by atoms with van der Waals surface area (Å²) in [6, 6.07) is 0. The zero-order chi connectivity index (χ0) is 8.44. The standard InChI is InChI=1S/C10H19NS/c1-11-6-4-10(5-7-11)3-2-8-12-9-10/h2-9H2,1H3. The maximum Gasteiger partial charge on any atom is -0.000985 e. The Morgan fingerprint density at radius 2 is 1.92 bits per heavy atom. The molecular weight excluding hydrogens is 166 g/mol. The molecule has 2 heteroatoms. The van der Waals surface area contributed by atoms with E-state index in [9.17, 15) is 0 Å². The fourth-order valence-corrected chi connectivity index (χ4v) is 3.76. The van der Waals surface area contributed by atoms with Gasteiger partial charge in [0.2, 0.25) is 0 Å². The predicted molar refractivity (Wildman–Crippen MR) is 55.7 cm³/mol. The fraction of sp³-hybridized carbons (Fsp3) is 1.00.